The van der Waals surface area contributed by atoms with E-state index < -0.39 is 23.8 Å². The molecule has 168 valence electrons. The highest BCUT2D eigenvalue weighted by molar-refractivity contribution is 7.12. The van der Waals surface area contributed by atoms with Gasteiger partial charge < -0.3 is 19.5 Å². The van der Waals surface area contributed by atoms with Crippen LogP contribution in [-0.4, -0.2) is 31.1 Å². The molecule has 7 nitrogen and oxygen atoms in total. The van der Waals surface area contributed by atoms with E-state index in [4.69, 9.17) is 14.2 Å². The first-order valence-electron chi connectivity index (χ1n) is 10.3. The number of rotatable bonds is 7. The van der Waals surface area contributed by atoms with Crippen molar-refractivity contribution in [2.24, 2.45) is 0 Å². The van der Waals surface area contributed by atoms with Gasteiger partial charge in [0, 0.05) is 11.4 Å². The maximum Gasteiger partial charge on any atom is 0.353 e. The summed E-state index contributed by atoms with van der Waals surface area (Å²) in [5.41, 5.74) is 2.55. The molecule has 8 heteroatoms. The van der Waals surface area contributed by atoms with Crippen LogP contribution in [0.1, 0.15) is 48.8 Å². The molecule has 32 heavy (non-hydrogen) atoms. The summed E-state index contributed by atoms with van der Waals surface area (Å²) in [4.78, 5) is 38.3. The Bertz CT molecular complexity index is 1030. The smallest absolute Gasteiger partial charge is 0.353 e. The second-order valence-corrected chi connectivity index (χ2v) is 7.96. The number of carbonyl (C=O) groups is 3. The van der Waals surface area contributed by atoms with Gasteiger partial charge in [-0.15, -0.1) is 11.3 Å². The summed E-state index contributed by atoms with van der Waals surface area (Å²) >= 11 is 1.30. The maximum atomic E-state index is 12.8. The van der Waals surface area contributed by atoms with Crippen LogP contribution < -0.4 is 10.1 Å². The molecule has 0 atom stereocenters. The van der Waals surface area contributed by atoms with Crippen molar-refractivity contribution in [2.75, 3.05) is 13.2 Å². The van der Waals surface area contributed by atoms with Gasteiger partial charge in [-0.25, -0.2) is 14.4 Å². The van der Waals surface area contributed by atoms with E-state index in [-0.39, 0.29) is 13.2 Å². The molecule has 0 spiro atoms. The number of nitrogens with one attached hydrogen (secondary N) is 1. The van der Waals surface area contributed by atoms with E-state index in [1.807, 2.05) is 0 Å². The fourth-order valence-electron chi connectivity index (χ4n) is 3.57. The van der Waals surface area contributed by atoms with Gasteiger partial charge in [0.05, 0.1) is 30.3 Å². The van der Waals surface area contributed by atoms with E-state index in [1.165, 1.54) is 11.3 Å². The van der Waals surface area contributed by atoms with Crippen molar-refractivity contribution in [2.45, 2.75) is 33.6 Å². The Labute approximate surface area is 190 Å². The summed E-state index contributed by atoms with van der Waals surface area (Å²) in [6.07, 6.45) is 0. The van der Waals surface area contributed by atoms with Crippen LogP contribution in [0.3, 0.4) is 0 Å². The topological polar surface area (TPSA) is 90.9 Å². The zero-order valence-corrected chi connectivity index (χ0v) is 19.2. The largest absolute Gasteiger partial charge is 0.463 e. The Hall–Kier alpha value is -3.39. The molecule has 0 aliphatic carbocycles. The van der Waals surface area contributed by atoms with Crippen molar-refractivity contribution in [3.8, 4) is 5.75 Å². The zero-order valence-electron chi connectivity index (χ0n) is 18.4. The van der Waals surface area contributed by atoms with Crippen LogP contribution in [-0.2, 0) is 19.1 Å². The van der Waals surface area contributed by atoms with E-state index in [2.05, 4.69) is 5.32 Å². The number of ether oxygens (including phenoxy) is 3. The zero-order chi connectivity index (χ0) is 23.3. The van der Waals surface area contributed by atoms with E-state index in [0.29, 0.717) is 38.7 Å². The molecule has 1 N–H and O–H groups in total. The van der Waals surface area contributed by atoms with Crippen molar-refractivity contribution >= 4 is 29.2 Å². The molecule has 0 fully saturated rings. The van der Waals surface area contributed by atoms with Gasteiger partial charge in [-0.3, -0.25) is 0 Å². The number of esters is 3. The SMILES string of the molecule is CCOC(=O)C1=C(C)NC(C)=C(C(=O)OCC)C1c1ccc(OC(=O)c2cccs2)cc1. The summed E-state index contributed by atoms with van der Waals surface area (Å²) in [6, 6.07) is 10.2. The number of thiophene rings is 1. The Balaban J connectivity index is 1.98. The molecule has 2 heterocycles. The van der Waals surface area contributed by atoms with E-state index in [9.17, 15) is 14.4 Å². The van der Waals surface area contributed by atoms with E-state index >= 15 is 0 Å². The van der Waals surface area contributed by atoms with Crippen molar-refractivity contribution in [3.05, 3.63) is 74.8 Å². The molecular formula is C24H25NO6S. The highest BCUT2D eigenvalue weighted by Gasteiger charge is 2.37. The van der Waals surface area contributed by atoms with Crippen LogP contribution in [0.2, 0.25) is 0 Å². The molecule has 0 amide bonds. The second-order valence-electron chi connectivity index (χ2n) is 7.01. The molecule has 1 aliphatic heterocycles. The van der Waals surface area contributed by atoms with Crippen molar-refractivity contribution in [1.29, 1.82) is 0 Å². The summed E-state index contributed by atoms with van der Waals surface area (Å²) in [6.45, 7) is 7.39. The van der Waals surface area contributed by atoms with Crippen LogP contribution in [0.15, 0.2) is 64.3 Å². The highest BCUT2D eigenvalue weighted by Crippen LogP contribution is 2.39. The van der Waals surface area contributed by atoms with Crippen LogP contribution >= 0.6 is 11.3 Å². The predicted octanol–water partition coefficient (Wildman–Crippen LogP) is 4.33. The summed E-state index contributed by atoms with van der Waals surface area (Å²) in [7, 11) is 0. The number of hydrogen-bond acceptors (Lipinski definition) is 8. The highest BCUT2D eigenvalue weighted by atomic mass is 32.1. The minimum absolute atomic E-state index is 0.206. The minimum Gasteiger partial charge on any atom is -0.463 e. The molecule has 0 radical (unpaired) electrons. The average molecular weight is 456 g/mol. The lowest BCUT2D eigenvalue weighted by molar-refractivity contribution is -0.139. The van der Waals surface area contributed by atoms with Gasteiger partial charge in [-0.05, 0) is 56.8 Å². The normalized spacial score (nSPS) is 14.1. The minimum atomic E-state index is -0.684. The molecule has 0 saturated heterocycles. The first kappa shape index (κ1) is 23.3. The first-order valence-corrected chi connectivity index (χ1v) is 11.1. The molecular weight excluding hydrogens is 430 g/mol. The second kappa shape index (κ2) is 10.3. The van der Waals surface area contributed by atoms with Crippen molar-refractivity contribution in [3.63, 3.8) is 0 Å². The first-order chi connectivity index (χ1) is 15.4. The number of hydrogen-bond donors (Lipinski definition) is 1. The van der Waals surface area contributed by atoms with Gasteiger partial charge in [-0.2, -0.15) is 0 Å². The third-order valence-electron chi connectivity index (χ3n) is 4.90. The van der Waals surface area contributed by atoms with Gasteiger partial charge in [0.15, 0.2) is 0 Å². The third kappa shape index (κ3) is 4.91. The van der Waals surface area contributed by atoms with Crippen LogP contribution in [0.5, 0.6) is 5.75 Å². The lowest BCUT2D eigenvalue weighted by Crippen LogP contribution is -2.32. The number of carbonyl (C=O) groups excluding carboxylic acids is 3. The lowest BCUT2D eigenvalue weighted by atomic mass is 9.80. The fraction of sp³-hybridized carbons (Fsp3) is 0.292. The van der Waals surface area contributed by atoms with Crippen LogP contribution in [0.4, 0.5) is 0 Å². The van der Waals surface area contributed by atoms with E-state index in [1.54, 1.807) is 69.5 Å². The summed E-state index contributed by atoms with van der Waals surface area (Å²) < 4.78 is 16.0. The lowest BCUT2D eigenvalue weighted by Gasteiger charge is -2.30. The molecule has 0 unspecified atom stereocenters. The van der Waals surface area contributed by atoms with Gasteiger partial charge in [0.1, 0.15) is 10.6 Å². The van der Waals surface area contributed by atoms with Crippen LogP contribution in [0.25, 0.3) is 0 Å². The standard InChI is InChI=1S/C24H25NO6S/c1-5-29-23(27)19-14(3)25-15(4)20(24(28)30-6-2)21(19)16-9-11-17(12-10-16)31-22(26)18-8-7-13-32-18/h7-13,21,25H,5-6H2,1-4H3. The van der Waals surface area contributed by atoms with Gasteiger partial charge in [0.2, 0.25) is 0 Å². The monoisotopic (exact) mass is 455 g/mol. The predicted molar refractivity (Wildman–Crippen MR) is 120 cm³/mol. The summed E-state index contributed by atoms with van der Waals surface area (Å²) in [5.74, 6) is -1.79. The van der Waals surface area contributed by atoms with Gasteiger partial charge in [0.25, 0.3) is 0 Å². The molecule has 0 bridgehead atoms. The molecule has 1 aliphatic rings. The molecule has 2 aromatic rings. The van der Waals surface area contributed by atoms with Crippen molar-refractivity contribution < 1.29 is 28.6 Å². The summed E-state index contributed by atoms with van der Waals surface area (Å²) in [5, 5.41) is 4.90. The Kier molecular flexibility index (Phi) is 7.48. The fourth-order valence-corrected chi connectivity index (χ4v) is 4.17. The number of benzene rings is 1. The van der Waals surface area contributed by atoms with Crippen molar-refractivity contribution in [1.82, 2.24) is 5.32 Å². The number of dihydropyridines is 1. The Morgan fingerprint density at radius 2 is 1.44 bits per heavy atom. The van der Waals surface area contributed by atoms with Gasteiger partial charge in [-0.1, -0.05) is 18.2 Å². The third-order valence-corrected chi connectivity index (χ3v) is 5.75. The molecule has 3 rings (SSSR count). The average Bonchev–Trinajstić information content (AvgIpc) is 3.29. The number of allylic oxidation sites excluding steroid dienone is 2. The Morgan fingerprint density at radius 1 is 0.875 bits per heavy atom. The molecule has 1 aromatic heterocycles. The Morgan fingerprint density at radius 3 is 1.91 bits per heavy atom. The quantitative estimate of drug-likeness (QED) is 0.491. The van der Waals surface area contributed by atoms with Crippen LogP contribution in [0, 0.1) is 0 Å². The molecule has 0 saturated carbocycles. The van der Waals surface area contributed by atoms with Gasteiger partial charge >= 0.3 is 17.9 Å². The van der Waals surface area contributed by atoms with E-state index in [0.717, 1.165) is 0 Å². The maximum absolute atomic E-state index is 12.8. The molecule has 1 aromatic carbocycles.